The van der Waals surface area contributed by atoms with E-state index >= 15 is 0 Å². The molecule has 0 aromatic heterocycles. The summed E-state index contributed by atoms with van der Waals surface area (Å²) >= 11 is 3.40. The molecule has 0 fully saturated rings. The Kier molecular flexibility index (Phi) is 9.73. The zero-order valence-electron chi connectivity index (χ0n) is 22.3. The summed E-state index contributed by atoms with van der Waals surface area (Å²) in [6.45, 7) is 8.86. The summed E-state index contributed by atoms with van der Waals surface area (Å²) in [6, 6.07) is 20.0. The van der Waals surface area contributed by atoms with E-state index in [9.17, 15) is 18.0 Å². The third kappa shape index (κ3) is 7.45. The van der Waals surface area contributed by atoms with E-state index in [-0.39, 0.29) is 23.4 Å². The second kappa shape index (κ2) is 12.6. The van der Waals surface area contributed by atoms with E-state index in [1.54, 1.807) is 43.3 Å². The van der Waals surface area contributed by atoms with Crippen molar-refractivity contribution in [3.63, 3.8) is 0 Å². The number of carbonyl (C=O) groups is 2. The fraction of sp³-hybridized carbons (Fsp3) is 0.310. The molecule has 0 aliphatic rings. The standard InChI is InChI=1S/C29H34BrN3O4S/c1-20(2)31-29(35)23(5)32(18-24-9-6-8-22(4)16-24)28(34)19-33(26-11-7-10-25(30)17-26)38(36,37)27-14-12-21(3)13-15-27/h6-17,20,23H,18-19H2,1-5H3,(H,31,35)/t23-/m1/s1. The molecular formula is C29H34BrN3O4S. The van der Waals surface area contributed by atoms with Gasteiger partial charge in [-0.15, -0.1) is 0 Å². The summed E-state index contributed by atoms with van der Waals surface area (Å²) in [7, 11) is -4.10. The van der Waals surface area contributed by atoms with E-state index in [1.165, 1.54) is 17.0 Å². The summed E-state index contributed by atoms with van der Waals surface area (Å²) in [6.07, 6.45) is 0. The van der Waals surface area contributed by atoms with Crippen molar-refractivity contribution in [1.29, 1.82) is 0 Å². The zero-order chi connectivity index (χ0) is 28.0. The maximum atomic E-state index is 13.9. The number of anilines is 1. The minimum Gasteiger partial charge on any atom is -0.352 e. The van der Waals surface area contributed by atoms with E-state index in [4.69, 9.17) is 0 Å². The Morgan fingerprint density at radius 3 is 2.16 bits per heavy atom. The highest BCUT2D eigenvalue weighted by Gasteiger charge is 2.32. The summed E-state index contributed by atoms with van der Waals surface area (Å²) in [5.74, 6) is -0.801. The van der Waals surface area contributed by atoms with Gasteiger partial charge < -0.3 is 10.2 Å². The van der Waals surface area contributed by atoms with Crippen molar-refractivity contribution >= 4 is 43.5 Å². The quantitative estimate of drug-likeness (QED) is 0.347. The molecule has 0 aliphatic heterocycles. The number of benzene rings is 3. The molecule has 0 spiro atoms. The highest BCUT2D eigenvalue weighted by molar-refractivity contribution is 9.10. The molecule has 1 atom stereocenters. The summed E-state index contributed by atoms with van der Waals surface area (Å²) in [5.41, 5.74) is 3.12. The Balaban J connectivity index is 2.03. The Hall–Kier alpha value is -3.17. The molecule has 0 saturated heterocycles. The molecule has 0 aliphatic carbocycles. The van der Waals surface area contributed by atoms with Crippen molar-refractivity contribution in [2.75, 3.05) is 10.8 Å². The van der Waals surface area contributed by atoms with Crippen LogP contribution in [0.4, 0.5) is 5.69 Å². The topological polar surface area (TPSA) is 86.8 Å². The van der Waals surface area contributed by atoms with Gasteiger partial charge in [-0.2, -0.15) is 0 Å². The molecule has 1 N–H and O–H groups in total. The van der Waals surface area contributed by atoms with Crippen LogP contribution >= 0.6 is 15.9 Å². The lowest BCUT2D eigenvalue weighted by Gasteiger charge is -2.32. The minimum absolute atomic E-state index is 0.0757. The van der Waals surface area contributed by atoms with Gasteiger partial charge in [0.05, 0.1) is 10.6 Å². The molecule has 0 heterocycles. The fourth-order valence-electron chi connectivity index (χ4n) is 3.99. The van der Waals surface area contributed by atoms with Crippen molar-refractivity contribution in [2.24, 2.45) is 0 Å². The molecule has 9 heteroatoms. The number of sulfonamides is 1. The van der Waals surface area contributed by atoms with Gasteiger partial charge in [-0.3, -0.25) is 13.9 Å². The van der Waals surface area contributed by atoms with E-state index in [0.717, 1.165) is 21.0 Å². The Morgan fingerprint density at radius 1 is 0.895 bits per heavy atom. The van der Waals surface area contributed by atoms with E-state index < -0.39 is 28.5 Å². The van der Waals surface area contributed by atoms with Gasteiger partial charge in [-0.25, -0.2) is 8.42 Å². The van der Waals surface area contributed by atoms with Crippen LogP contribution in [0.25, 0.3) is 0 Å². The maximum absolute atomic E-state index is 13.9. The van der Waals surface area contributed by atoms with Crippen LogP contribution in [-0.4, -0.2) is 43.8 Å². The van der Waals surface area contributed by atoms with Crippen LogP contribution in [-0.2, 0) is 26.2 Å². The molecule has 3 aromatic carbocycles. The fourth-order valence-corrected chi connectivity index (χ4v) is 5.79. The second-order valence-electron chi connectivity index (χ2n) is 9.65. The van der Waals surface area contributed by atoms with Gasteiger partial charge in [0, 0.05) is 17.1 Å². The normalized spacial score (nSPS) is 12.2. The van der Waals surface area contributed by atoms with Crippen molar-refractivity contribution < 1.29 is 18.0 Å². The van der Waals surface area contributed by atoms with Crippen LogP contribution in [0.2, 0.25) is 0 Å². The number of hydrogen-bond donors (Lipinski definition) is 1. The monoisotopic (exact) mass is 599 g/mol. The average Bonchev–Trinajstić information content (AvgIpc) is 2.85. The van der Waals surface area contributed by atoms with E-state index in [2.05, 4.69) is 21.2 Å². The Morgan fingerprint density at radius 2 is 1.55 bits per heavy atom. The van der Waals surface area contributed by atoms with E-state index in [1.807, 2.05) is 52.0 Å². The van der Waals surface area contributed by atoms with Gasteiger partial charge in [-0.05, 0) is 70.5 Å². The third-order valence-electron chi connectivity index (χ3n) is 6.02. The number of nitrogens with one attached hydrogen (secondary N) is 1. The average molecular weight is 601 g/mol. The highest BCUT2D eigenvalue weighted by atomic mass is 79.9. The van der Waals surface area contributed by atoms with E-state index in [0.29, 0.717) is 10.2 Å². The molecule has 7 nitrogen and oxygen atoms in total. The molecule has 3 rings (SSSR count). The Bertz CT molecular complexity index is 1390. The number of halogens is 1. The van der Waals surface area contributed by atoms with Gasteiger partial charge in [0.15, 0.2) is 0 Å². The molecule has 3 aromatic rings. The molecule has 202 valence electrons. The molecule has 0 saturated carbocycles. The number of aryl methyl sites for hydroxylation is 2. The van der Waals surface area contributed by atoms with Gasteiger partial charge >= 0.3 is 0 Å². The lowest BCUT2D eigenvalue weighted by Crippen LogP contribution is -2.52. The van der Waals surface area contributed by atoms with Gasteiger partial charge in [0.1, 0.15) is 12.6 Å². The first-order chi connectivity index (χ1) is 17.9. The van der Waals surface area contributed by atoms with Gasteiger partial charge in [0.25, 0.3) is 10.0 Å². The first-order valence-corrected chi connectivity index (χ1v) is 14.6. The minimum atomic E-state index is -4.10. The number of hydrogen-bond acceptors (Lipinski definition) is 4. The van der Waals surface area contributed by atoms with Crippen LogP contribution in [0.5, 0.6) is 0 Å². The van der Waals surface area contributed by atoms with Crippen LogP contribution in [0.1, 0.15) is 37.5 Å². The highest BCUT2D eigenvalue weighted by Crippen LogP contribution is 2.27. The van der Waals surface area contributed by atoms with Crippen molar-refractivity contribution in [3.8, 4) is 0 Å². The van der Waals surface area contributed by atoms with Crippen molar-refractivity contribution in [1.82, 2.24) is 10.2 Å². The van der Waals surface area contributed by atoms with Crippen LogP contribution in [0.15, 0.2) is 82.2 Å². The zero-order valence-corrected chi connectivity index (χ0v) is 24.7. The first kappa shape index (κ1) is 29.4. The lowest BCUT2D eigenvalue weighted by atomic mass is 10.1. The first-order valence-electron chi connectivity index (χ1n) is 12.4. The lowest BCUT2D eigenvalue weighted by molar-refractivity contribution is -0.139. The molecule has 2 amide bonds. The van der Waals surface area contributed by atoms with Gasteiger partial charge in [0.2, 0.25) is 11.8 Å². The molecule has 0 unspecified atom stereocenters. The number of amides is 2. The molecule has 0 bridgehead atoms. The predicted octanol–water partition coefficient (Wildman–Crippen LogP) is 5.20. The smallest absolute Gasteiger partial charge is 0.264 e. The number of rotatable bonds is 10. The number of nitrogens with zero attached hydrogens (tertiary/aromatic N) is 2. The molecule has 38 heavy (non-hydrogen) atoms. The summed E-state index contributed by atoms with van der Waals surface area (Å²) in [5, 5.41) is 2.86. The van der Waals surface area contributed by atoms with Crippen LogP contribution < -0.4 is 9.62 Å². The number of carbonyl (C=O) groups excluding carboxylic acids is 2. The van der Waals surface area contributed by atoms with Crippen molar-refractivity contribution in [3.05, 3.63) is 94.0 Å². The summed E-state index contributed by atoms with van der Waals surface area (Å²) < 4.78 is 29.4. The predicted molar refractivity (Wildman–Crippen MR) is 154 cm³/mol. The second-order valence-corrected chi connectivity index (χ2v) is 12.4. The molecular weight excluding hydrogens is 566 g/mol. The Labute approximate surface area is 234 Å². The SMILES string of the molecule is Cc1ccc(S(=O)(=O)N(CC(=O)N(Cc2cccc(C)c2)[C@H](C)C(=O)NC(C)C)c2cccc(Br)c2)cc1. The van der Waals surface area contributed by atoms with Crippen LogP contribution in [0, 0.1) is 13.8 Å². The maximum Gasteiger partial charge on any atom is 0.264 e. The summed E-state index contributed by atoms with van der Waals surface area (Å²) in [4.78, 5) is 28.4. The third-order valence-corrected chi connectivity index (χ3v) is 8.30. The van der Waals surface area contributed by atoms with Crippen LogP contribution in [0.3, 0.4) is 0 Å². The van der Waals surface area contributed by atoms with Crippen molar-refractivity contribution in [2.45, 2.75) is 58.1 Å². The largest absolute Gasteiger partial charge is 0.352 e. The molecule has 0 radical (unpaired) electrons. The van der Waals surface area contributed by atoms with Gasteiger partial charge in [-0.1, -0.05) is 69.5 Å².